The Morgan fingerprint density at radius 2 is 1.89 bits per heavy atom. The third-order valence-corrected chi connectivity index (χ3v) is 5.71. The number of nitrogens with zero attached hydrogens (tertiary/aromatic N) is 1. The maximum absolute atomic E-state index is 13.5. The lowest BCUT2D eigenvalue weighted by Crippen LogP contribution is -2.41. The SMILES string of the molecule is CN1C(=O)[C@]2(COc3cc4c(cc32)OCO4)c2c(-c3ccoc3)cccc21. The molecule has 2 aromatic carbocycles. The van der Waals surface area contributed by atoms with E-state index in [0.29, 0.717) is 17.2 Å². The summed E-state index contributed by atoms with van der Waals surface area (Å²) < 4.78 is 22.3. The maximum Gasteiger partial charge on any atom is 0.245 e. The molecule has 0 N–H and O–H groups in total. The van der Waals surface area contributed by atoms with E-state index in [1.807, 2.05) is 36.4 Å². The second kappa shape index (κ2) is 4.85. The van der Waals surface area contributed by atoms with Crippen LogP contribution >= 0.6 is 0 Å². The fourth-order valence-electron chi connectivity index (χ4n) is 4.45. The van der Waals surface area contributed by atoms with Crippen LogP contribution in [0.3, 0.4) is 0 Å². The van der Waals surface area contributed by atoms with Gasteiger partial charge in [0, 0.05) is 35.5 Å². The van der Waals surface area contributed by atoms with Gasteiger partial charge in [0.15, 0.2) is 11.5 Å². The van der Waals surface area contributed by atoms with Gasteiger partial charge in [-0.25, -0.2) is 0 Å². The van der Waals surface area contributed by atoms with Gasteiger partial charge < -0.3 is 23.5 Å². The first kappa shape index (κ1) is 14.7. The Kier molecular flexibility index (Phi) is 2.65. The first-order valence-electron chi connectivity index (χ1n) is 8.71. The molecule has 6 nitrogen and oxygen atoms in total. The van der Waals surface area contributed by atoms with Gasteiger partial charge >= 0.3 is 0 Å². The van der Waals surface area contributed by atoms with Gasteiger partial charge in [-0.15, -0.1) is 0 Å². The summed E-state index contributed by atoms with van der Waals surface area (Å²) >= 11 is 0. The van der Waals surface area contributed by atoms with Crippen LogP contribution in [0.1, 0.15) is 11.1 Å². The summed E-state index contributed by atoms with van der Waals surface area (Å²) in [6.45, 7) is 0.423. The predicted octanol–water partition coefficient (Wildman–Crippen LogP) is 3.33. The van der Waals surface area contributed by atoms with Gasteiger partial charge in [-0.05, 0) is 23.8 Å². The largest absolute Gasteiger partial charge is 0.491 e. The summed E-state index contributed by atoms with van der Waals surface area (Å²) in [6.07, 6.45) is 3.33. The molecule has 1 atom stereocenters. The number of amides is 1. The zero-order valence-corrected chi connectivity index (χ0v) is 14.5. The van der Waals surface area contributed by atoms with Crippen molar-refractivity contribution < 1.29 is 23.4 Å². The molecular weight excluding hydrogens is 346 g/mol. The number of anilines is 1. The summed E-state index contributed by atoms with van der Waals surface area (Å²) in [4.78, 5) is 15.2. The van der Waals surface area contributed by atoms with Crippen LogP contribution in [-0.4, -0.2) is 26.4 Å². The molecule has 0 aliphatic carbocycles. The van der Waals surface area contributed by atoms with Crippen molar-refractivity contribution >= 4 is 11.6 Å². The highest BCUT2D eigenvalue weighted by Gasteiger charge is 2.57. The molecule has 0 bridgehead atoms. The molecule has 0 saturated heterocycles. The highest BCUT2D eigenvalue weighted by molar-refractivity contribution is 6.13. The van der Waals surface area contributed by atoms with E-state index in [1.54, 1.807) is 24.5 Å². The average Bonchev–Trinajstić information content (AvgIpc) is 3.46. The van der Waals surface area contributed by atoms with Crippen LogP contribution in [0.4, 0.5) is 5.69 Å². The minimum atomic E-state index is -0.908. The quantitative estimate of drug-likeness (QED) is 0.665. The second-order valence-corrected chi connectivity index (χ2v) is 6.97. The first-order valence-corrected chi connectivity index (χ1v) is 8.71. The van der Waals surface area contributed by atoms with Gasteiger partial charge in [0.2, 0.25) is 12.7 Å². The van der Waals surface area contributed by atoms with Crippen molar-refractivity contribution in [3.63, 3.8) is 0 Å². The van der Waals surface area contributed by atoms with E-state index in [9.17, 15) is 4.79 Å². The number of likely N-dealkylation sites (N-methyl/N-ethyl adjacent to an activating group) is 1. The van der Waals surface area contributed by atoms with Crippen LogP contribution in [0.5, 0.6) is 17.2 Å². The normalized spacial score (nSPS) is 21.5. The summed E-state index contributed by atoms with van der Waals surface area (Å²) in [5.41, 5.74) is 3.63. The lowest BCUT2D eigenvalue weighted by atomic mass is 9.74. The van der Waals surface area contributed by atoms with E-state index in [4.69, 9.17) is 18.6 Å². The standard InChI is InChI=1S/C21H15NO5/c1-22-15-4-2-3-13(12-5-6-24-9-12)19(15)21(20(22)23)10-25-16-8-18-17(7-14(16)21)26-11-27-18/h2-9H,10-11H2,1H3/t21-/m0/s1. The van der Waals surface area contributed by atoms with Crippen molar-refractivity contribution in [2.75, 3.05) is 25.3 Å². The van der Waals surface area contributed by atoms with Crippen molar-refractivity contribution in [3.05, 3.63) is 60.1 Å². The van der Waals surface area contributed by atoms with E-state index >= 15 is 0 Å². The van der Waals surface area contributed by atoms with Gasteiger partial charge in [-0.1, -0.05) is 12.1 Å². The Bertz CT molecular complexity index is 1100. The number of hydrogen-bond acceptors (Lipinski definition) is 5. The molecule has 3 aromatic rings. The van der Waals surface area contributed by atoms with Gasteiger partial charge in [-0.3, -0.25) is 4.79 Å². The molecule has 3 aliphatic heterocycles. The van der Waals surface area contributed by atoms with E-state index in [-0.39, 0.29) is 19.3 Å². The van der Waals surface area contributed by atoms with Crippen molar-refractivity contribution in [3.8, 4) is 28.4 Å². The van der Waals surface area contributed by atoms with Gasteiger partial charge in [0.1, 0.15) is 17.8 Å². The van der Waals surface area contributed by atoms with Crippen molar-refractivity contribution in [2.45, 2.75) is 5.41 Å². The van der Waals surface area contributed by atoms with Crippen molar-refractivity contribution in [2.24, 2.45) is 0 Å². The summed E-state index contributed by atoms with van der Waals surface area (Å²) in [5.74, 6) is 1.94. The first-order chi connectivity index (χ1) is 13.2. The van der Waals surface area contributed by atoms with Crippen LogP contribution in [0, 0.1) is 0 Å². The minimum Gasteiger partial charge on any atom is -0.491 e. The molecule has 1 amide bonds. The molecule has 0 unspecified atom stereocenters. The average molecular weight is 361 g/mol. The molecule has 0 saturated carbocycles. The number of fused-ring (bicyclic) bond motifs is 5. The molecule has 6 heteroatoms. The van der Waals surface area contributed by atoms with E-state index in [1.165, 1.54) is 0 Å². The molecule has 1 aromatic heterocycles. The molecule has 134 valence electrons. The highest BCUT2D eigenvalue weighted by atomic mass is 16.7. The Balaban J connectivity index is 1.67. The van der Waals surface area contributed by atoms with E-state index in [0.717, 1.165) is 27.9 Å². The molecule has 6 rings (SSSR count). The van der Waals surface area contributed by atoms with E-state index in [2.05, 4.69) is 0 Å². The summed E-state index contributed by atoms with van der Waals surface area (Å²) in [5, 5.41) is 0. The molecule has 0 radical (unpaired) electrons. The lowest BCUT2D eigenvalue weighted by Gasteiger charge is -2.23. The molecule has 4 heterocycles. The third-order valence-electron chi connectivity index (χ3n) is 5.71. The zero-order chi connectivity index (χ0) is 18.2. The molecule has 1 spiro atoms. The van der Waals surface area contributed by atoms with Crippen LogP contribution < -0.4 is 19.1 Å². The number of carbonyl (C=O) groups is 1. The fourth-order valence-corrected chi connectivity index (χ4v) is 4.45. The third kappa shape index (κ3) is 1.68. The summed E-state index contributed by atoms with van der Waals surface area (Å²) in [7, 11) is 1.81. The van der Waals surface area contributed by atoms with Crippen LogP contribution in [0.15, 0.2) is 53.3 Å². The van der Waals surface area contributed by atoms with E-state index < -0.39 is 5.41 Å². The Morgan fingerprint density at radius 1 is 1.04 bits per heavy atom. The number of hydrogen-bond donors (Lipinski definition) is 0. The maximum atomic E-state index is 13.5. The fraction of sp³-hybridized carbons (Fsp3) is 0.190. The monoisotopic (exact) mass is 361 g/mol. The van der Waals surface area contributed by atoms with Crippen molar-refractivity contribution in [1.82, 2.24) is 0 Å². The van der Waals surface area contributed by atoms with Gasteiger partial charge in [0.25, 0.3) is 0 Å². The molecular formula is C21H15NO5. The lowest BCUT2D eigenvalue weighted by molar-refractivity contribution is -0.121. The minimum absolute atomic E-state index is 0.00828. The van der Waals surface area contributed by atoms with Gasteiger partial charge in [-0.2, -0.15) is 0 Å². The number of ether oxygens (including phenoxy) is 3. The number of rotatable bonds is 1. The number of carbonyl (C=O) groups excluding carboxylic acids is 1. The van der Waals surface area contributed by atoms with Crippen LogP contribution in [0.2, 0.25) is 0 Å². The van der Waals surface area contributed by atoms with Crippen LogP contribution in [-0.2, 0) is 10.2 Å². The number of benzene rings is 2. The molecule has 27 heavy (non-hydrogen) atoms. The number of furan rings is 1. The topological polar surface area (TPSA) is 61.1 Å². The Hall–Kier alpha value is -3.41. The predicted molar refractivity (Wildman–Crippen MR) is 96.4 cm³/mol. The van der Waals surface area contributed by atoms with Crippen molar-refractivity contribution in [1.29, 1.82) is 0 Å². The highest BCUT2D eigenvalue weighted by Crippen LogP contribution is 2.56. The summed E-state index contributed by atoms with van der Waals surface area (Å²) in [6, 6.07) is 11.6. The van der Waals surface area contributed by atoms with Gasteiger partial charge in [0.05, 0.1) is 12.5 Å². The Morgan fingerprint density at radius 3 is 2.70 bits per heavy atom. The smallest absolute Gasteiger partial charge is 0.245 e. The van der Waals surface area contributed by atoms with Crippen LogP contribution in [0.25, 0.3) is 11.1 Å². The zero-order valence-electron chi connectivity index (χ0n) is 14.5. The Labute approximate surface area is 154 Å². The molecule has 3 aliphatic rings. The second-order valence-electron chi connectivity index (χ2n) is 6.97. The molecule has 0 fully saturated rings.